The molecule has 24 heavy (non-hydrogen) atoms. The van der Waals surface area contributed by atoms with Gasteiger partial charge >= 0.3 is 0 Å². The Morgan fingerprint density at radius 1 is 1.08 bits per heavy atom. The van der Waals surface area contributed by atoms with Gasteiger partial charge in [-0.05, 0) is 29.8 Å². The molecule has 0 saturated carbocycles. The zero-order valence-corrected chi connectivity index (χ0v) is 14.2. The maximum atomic E-state index is 11.9. The number of aromatic nitrogens is 1. The highest BCUT2D eigenvalue weighted by molar-refractivity contribution is 7.90. The van der Waals surface area contributed by atoms with Crippen LogP contribution in [0.1, 0.15) is 5.56 Å². The first-order chi connectivity index (χ1) is 11.4. The molecule has 0 aliphatic heterocycles. The van der Waals surface area contributed by atoms with Crippen molar-refractivity contribution in [2.75, 3.05) is 13.4 Å². The molecule has 0 fully saturated rings. The lowest BCUT2D eigenvalue weighted by Crippen LogP contribution is -2.09. The lowest BCUT2D eigenvalue weighted by Gasteiger charge is -2.13. The van der Waals surface area contributed by atoms with Crippen LogP contribution in [-0.4, -0.2) is 26.4 Å². The summed E-state index contributed by atoms with van der Waals surface area (Å²) in [5.74, 6) is 0.320. The van der Waals surface area contributed by atoms with Crippen LogP contribution < -0.4 is 10.2 Å². The monoisotopic (exact) mass is 343 g/mol. The highest BCUT2D eigenvalue weighted by Gasteiger charge is 2.14. The average Bonchev–Trinajstić information content (AvgIpc) is 2.56. The summed E-state index contributed by atoms with van der Waals surface area (Å²) in [7, 11) is -1.90. The van der Waals surface area contributed by atoms with Crippen molar-refractivity contribution in [3.63, 3.8) is 0 Å². The highest BCUT2D eigenvalue weighted by atomic mass is 32.2. The van der Waals surface area contributed by atoms with E-state index in [1.54, 1.807) is 30.5 Å². The van der Waals surface area contributed by atoms with E-state index in [-0.39, 0.29) is 10.3 Å². The Morgan fingerprint density at radius 3 is 2.54 bits per heavy atom. The molecule has 0 unspecified atom stereocenters. The molecule has 2 aromatic carbocycles. The number of sulfone groups is 1. The zero-order valence-electron chi connectivity index (χ0n) is 13.4. The molecule has 5 nitrogen and oxygen atoms in total. The van der Waals surface area contributed by atoms with Gasteiger partial charge in [-0.3, -0.25) is 4.79 Å². The van der Waals surface area contributed by atoms with Crippen LogP contribution in [0.15, 0.2) is 64.4 Å². The summed E-state index contributed by atoms with van der Waals surface area (Å²) in [5, 5.41) is 0.653. The first kappa shape index (κ1) is 16.3. The Labute approximate surface area is 140 Å². The predicted octanol–water partition coefficient (Wildman–Crippen LogP) is 2.46. The fourth-order valence-electron chi connectivity index (χ4n) is 2.71. The molecule has 1 aromatic heterocycles. The molecule has 3 rings (SSSR count). The molecule has 0 saturated heterocycles. The van der Waals surface area contributed by atoms with Gasteiger partial charge in [0.15, 0.2) is 15.3 Å². The minimum atomic E-state index is -3.35. The van der Waals surface area contributed by atoms with Gasteiger partial charge in [-0.2, -0.15) is 0 Å². The molecule has 0 aliphatic carbocycles. The van der Waals surface area contributed by atoms with Gasteiger partial charge in [0.25, 0.3) is 0 Å². The number of methoxy groups -OCH3 is 1. The summed E-state index contributed by atoms with van der Waals surface area (Å²) in [5.41, 5.74) is 1.69. The van der Waals surface area contributed by atoms with Gasteiger partial charge in [-0.25, -0.2) is 8.42 Å². The maximum Gasteiger partial charge on any atom is 0.189 e. The number of ether oxygens (including phenoxy) is 1. The van der Waals surface area contributed by atoms with Crippen molar-refractivity contribution in [3.8, 4) is 5.75 Å². The second kappa shape index (κ2) is 6.13. The van der Waals surface area contributed by atoms with E-state index in [0.29, 0.717) is 17.7 Å². The number of fused-ring (bicyclic) bond motifs is 1. The fourth-order valence-corrected chi connectivity index (χ4v) is 3.53. The molecule has 3 aromatic rings. The van der Waals surface area contributed by atoms with E-state index in [2.05, 4.69) is 0 Å². The first-order valence-corrected chi connectivity index (χ1v) is 9.24. The number of hydrogen-bond acceptors (Lipinski definition) is 4. The third-order valence-electron chi connectivity index (χ3n) is 3.87. The van der Waals surface area contributed by atoms with Crippen LogP contribution in [-0.2, 0) is 16.4 Å². The SMILES string of the molecule is COc1cc(Cn2ccc(=O)c3ccccc32)ccc1S(C)(=O)=O. The van der Waals surface area contributed by atoms with E-state index in [9.17, 15) is 13.2 Å². The number of pyridine rings is 1. The Balaban J connectivity index is 2.07. The summed E-state index contributed by atoms with van der Waals surface area (Å²) < 4.78 is 30.7. The normalized spacial score (nSPS) is 11.6. The topological polar surface area (TPSA) is 65.4 Å². The summed E-state index contributed by atoms with van der Waals surface area (Å²) in [4.78, 5) is 12.1. The maximum absolute atomic E-state index is 11.9. The van der Waals surface area contributed by atoms with Crippen LogP contribution in [0.25, 0.3) is 10.9 Å². The fraction of sp³-hybridized carbons (Fsp3) is 0.167. The Kier molecular flexibility index (Phi) is 4.15. The summed E-state index contributed by atoms with van der Waals surface area (Å²) >= 11 is 0. The second-order valence-electron chi connectivity index (χ2n) is 5.58. The second-order valence-corrected chi connectivity index (χ2v) is 7.57. The first-order valence-electron chi connectivity index (χ1n) is 7.35. The zero-order chi connectivity index (χ0) is 17.3. The molecule has 6 heteroatoms. The van der Waals surface area contributed by atoms with Gasteiger partial charge in [-0.15, -0.1) is 0 Å². The van der Waals surface area contributed by atoms with Gasteiger partial charge in [0.2, 0.25) is 0 Å². The van der Waals surface area contributed by atoms with Gasteiger partial charge in [0.05, 0.1) is 12.6 Å². The molecule has 0 spiro atoms. The predicted molar refractivity (Wildman–Crippen MR) is 93.4 cm³/mol. The third-order valence-corrected chi connectivity index (χ3v) is 5.00. The molecule has 0 amide bonds. The number of nitrogens with zero attached hydrogens (tertiary/aromatic N) is 1. The molecule has 0 aliphatic rings. The molecule has 1 heterocycles. The third kappa shape index (κ3) is 3.05. The van der Waals surface area contributed by atoms with Crippen molar-refractivity contribution in [1.82, 2.24) is 4.57 Å². The number of benzene rings is 2. The summed E-state index contributed by atoms with van der Waals surface area (Å²) in [6, 6.07) is 13.9. The van der Waals surface area contributed by atoms with E-state index in [4.69, 9.17) is 4.74 Å². The van der Waals surface area contributed by atoms with Crippen LogP contribution in [0.5, 0.6) is 5.75 Å². The van der Waals surface area contributed by atoms with E-state index in [1.807, 2.05) is 22.8 Å². The summed E-state index contributed by atoms with van der Waals surface area (Å²) in [6.45, 7) is 0.501. The minimum Gasteiger partial charge on any atom is -0.495 e. The molecule has 0 N–H and O–H groups in total. The Morgan fingerprint density at radius 2 is 1.83 bits per heavy atom. The van der Waals surface area contributed by atoms with Crippen molar-refractivity contribution in [1.29, 1.82) is 0 Å². The number of para-hydroxylation sites is 1. The minimum absolute atomic E-state index is 0.0214. The quantitative estimate of drug-likeness (QED) is 0.730. The molecular formula is C18H17NO4S. The van der Waals surface area contributed by atoms with Gasteiger partial charge in [0, 0.05) is 30.4 Å². The van der Waals surface area contributed by atoms with E-state index in [0.717, 1.165) is 17.3 Å². The molecule has 0 radical (unpaired) electrons. The standard InChI is InChI=1S/C18H17NO4S/c1-23-17-11-13(7-8-18(17)24(2,21)22)12-19-10-9-16(20)14-5-3-4-6-15(14)19/h3-11H,12H2,1-2H3. The lowest BCUT2D eigenvalue weighted by atomic mass is 10.1. The van der Waals surface area contributed by atoms with Crippen molar-refractivity contribution in [3.05, 3.63) is 70.5 Å². The Hall–Kier alpha value is -2.60. The van der Waals surface area contributed by atoms with Crippen LogP contribution in [0.4, 0.5) is 0 Å². The van der Waals surface area contributed by atoms with Gasteiger partial charge in [-0.1, -0.05) is 18.2 Å². The Bertz CT molecular complexity index is 1070. The number of rotatable bonds is 4. The van der Waals surface area contributed by atoms with E-state index in [1.165, 1.54) is 13.2 Å². The van der Waals surface area contributed by atoms with E-state index < -0.39 is 9.84 Å². The van der Waals surface area contributed by atoms with Gasteiger partial charge < -0.3 is 9.30 Å². The number of hydrogen-bond donors (Lipinski definition) is 0. The van der Waals surface area contributed by atoms with Crippen LogP contribution in [0.3, 0.4) is 0 Å². The molecule has 124 valence electrons. The lowest BCUT2D eigenvalue weighted by molar-refractivity contribution is 0.402. The highest BCUT2D eigenvalue weighted by Crippen LogP contribution is 2.25. The molecular weight excluding hydrogens is 326 g/mol. The van der Waals surface area contributed by atoms with Crippen molar-refractivity contribution in [2.24, 2.45) is 0 Å². The van der Waals surface area contributed by atoms with Crippen molar-refractivity contribution >= 4 is 20.7 Å². The largest absolute Gasteiger partial charge is 0.495 e. The van der Waals surface area contributed by atoms with Gasteiger partial charge in [0.1, 0.15) is 10.6 Å². The van der Waals surface area contributed by atoms with Crippen LogP contribution in [0.2, 0.25) is 0 Å². The smallest absolute Gasteiger partial charge is 0.189 e. The molecule has 0 atom stereocenters. The summed E-state index contributed by atoms with van der Waals surface area (Å²) in [6.07, 6.45) is 2.89. The molecule has 0 bridgehead atoms. The van der Waals surface area contributed by atoms with Crippen molar-refractivity contribution in [2.45, 2.75) is 11.4 Å². The van der Waals surface area contributed by atoms with Crippen LogP contribution >= 0.6 is 0 Å². The average molecular weight is 343 g/mol. The van der Waals surface area contributed by atoms with Crippen LogP contribution in [0, 0.1) is 0 Å². The van der Waals surface area contributed by atoms with Crippen molar-refractivity contribution < 1.29 is 13.2 Å². The van der Waals surface area contributed by atoms with E-state index >= 15 is 0 Å².